The van der Waals surface area contributed by atoms with Crippen LogP contribution in [0.5, 0.6) is 0 Å². The van der Waals surface area contributed by atoms with Gasteiger partial charge in [-0.25, -0.2) is 17.2 Å². The first kappa shape index (κ1) is 18.0. The zero-order valence-corrected chi connectivity index (χ0v) is 13.6. The van der Waals surface area contributed by atoms with Crippen LogP contribution in [-0.4, -0.2) is 24.7 Å². The van der Waals surface area contributed by atoms with E-state index in [0.29, 0.717) is 0 Å². The van der Waals surface area contributed by atoms with Crippen LogP contribution in [0.15, 0.2) is 47.4 Å². The second-order valence-corrected chi connectivity index (χ2v) is 7.12. The number of hydrogen-bond acceptors (Lipinski definition) is 4. The molecular weight excluding hydrogens is 342 g/mol. The van der Waals surface area contributed by atoms with E-state index in [2.05, 4.69) is 0 Å². The molecule has 6 nitrogen and oxygen atoms in total. The van der Waals surface area contributed by atoms with Crippen molar-refractivity contribution in [2.45, 2.75) is 17.9 Å². The largest absolute Gasteiger partial charge is 0.269 e. The standard InChI is InChI=1S/C15H14F2N2O4S/c1-10(11-3-8-14(16)15(17)9-11)18(2)24(22,23)13-6-4-12(5-7-13)19(20)21/h3-10H,1-2H3. The summed E-state index contributed by atoms with van der Waals surface area (Å²) in [6.45, 7) is 1.52. The van der Waals surface area contributed by atoms with Crippen molar-refractivity contribution in [1.82, 2.24) is 4.31 Å². The summed E-state index contributed by atoms with van der Waals surface area (Å²) in [5, 5.41) is 10.6. The van der Waals surface area contributed by atoms with Gasteiger partial charge in [0.2, 0.25) is 10.0 Å². The second kappa shape index (κ2) is 6.62. The molecule has 24 heavy (non-hydrogen) atoms. The Bertz CT molecular complexity index is 870. The van der Waals surface area contributed by atoms with E-state index >= 15 is 0 Å². The van der Waals surface area contributed by atoms with Crippen LogP contribution in [0.3, 0.4) is 0 Å². The number of nitrogens with zero attached hydrogens (tertiary/aromatic N) is 2. The topological polar surface area (TPSA) is 80.5 Å². The number of benzene rings is 2. The molecule has 0 heterocycles. The maximum Gasteiger partial charge on any atom is 0.269 e. The van der Waals surface area contributed by atoms with Gasteiger partial charge in [0.15, 0.2) is 11.6 Å². The second-order valence-electron chi connectivity index (χ2n) is 5.12. The summed E-state index contributed by atoms with van der Waals surface area (Å²) in [5.41, 5.74) is 0.0483. The first-order valence-electron chi connectivity index (χ1n) is 6.82. The van der Waals surface area contributed by atoms with Crippen LogP contribution < -0.4 is 0 Å². The maximum atomic E-state index is 13.3. The van der Waals surface area contributed by atoms with E-state index in [1.807, 2.05) is 0 Å². The molecule has 0 fully saturated rings. The molecule has 2 aromatic rings. The number of sulfonamides is 1. The predicted octanol–water partition coefficient (Wildman–Crippen LogP) is 3.25. The fraction of sp³-hybridized carbons (Fsp3) is 0.200. The summed E-state index contributed by atoms with van der Waals surface area (Å²) in [6, 6.07) is 6.82. The van der Waals surface area contributed by atoms with Crippen LogP contribution in [-0.2, 0) is 10.0 Å². The Morgan fingerprint density at radius 3 is 2.17 bits per heavy atom. The average molecular weight is 356 g/mol. The highest BCUT2D eigenvalue weighted by atomic mass is 32.2. The van der Waals surface area contributed by atoms with Gasteiger partial charge in [-0.1, -0.05) is 6.07 Å². The molecule has 0 N–H and O–H groups in total. The highest BCUT2D eigenvalue weighted by Gasteiger charge is 2.27. The molecule has 2 rings (SSSR count). The van der Waals surface area contributed by atoms with Crippen LogP contribution in [0.25, 0.3) is 0 Å². The molecule has 0 radical (unpaired) electrons. The minimum Gasteiger partial charge on any atom is -0.258 e. The molecule has 0 aliphatic heterocycles. The van der Waals surface area contributed by atoms with E-state index in [0.717, 1.165) is 40.7 Å². The number of nitro groups is 1. The molecule has 0 aliphatic rings. The molecule has 1 unspecified atom stereocenters. The fourth-order valence-corrected chi connectivity index (χ4v) is 3.45. The van der Waals surface area contributed by atoms with Crippen molar-refractivity contribution in [2.24, 2.45) is 0 Å². The third kappa shape index (κ3) is 3.41. The SMILES string of the molecule is CC(c1ccc(F)c(F)c1)N(C)S(=O)(=O)c1ccc([N+](=O)[O-])cc1. The molecular formula is C15H14F2N2O4S. The van der Waals surface area contributed by atoms with Gasteiger partial charge in [-0.3, -0.25) is 10.1 Å². The Morgan fingerprint density at radius 2 is 1.67 bits per heavy atom. The van der Waals surface area contributed by atoms with Crippen molar-refractivity contribution in [3.05, 3.63) is 69.8 Å². The van der Waals surface area contributed by atoms with Gasteiger partial charge in [0.05, 0.1) is 9.82 Å². The quantitative estimate of drug-likeness (QED) is 0.608. The zero-order chi connectivity index (χ0) is 18.1. The lowest BCUT2D eigenvalue weighted by Crippen LogP contribution is -2.29. The zero-order valence-electron chi connectivity index (χ0n) is 12.8. The number of rotatable bonds is 5. The van der Waals surface area contributed by atoms with Crippen LogP contribution in [0, 0.1) is 21.7 Å². The summed E-state index contributed by atoms with van der Waals surface area (Å²) >= 11 is 0. The van der Waals surface area contributed by atoms with Gasteiger partial charge >= 0.3 is 0 Å². The average Bonchev–Trinajstić information content (AvgIpc) is 2.56. The van der Waals surface area contributed by atoms with Crippen molar-refractivity contribution >= 4 is 15.7 Å². The molecule has 0 aromatic heterocycles. The van der Waals surface area contributed by atoms with E-state index in [1.165, 1.54) is 20.0 Å². The number of nitro benzene ring substituents is 1. The van der Waals surface area contributed by atoms with Crippen LogP contribution >= 0.6 is 0 Å². The summed E-state index contributed by atoms with van der Waals surface area (Å²) in [5.74, 6) is -2.09. The third-order valence-corrected chi connectivity index (χ3v) is 5.64. The smallest absolute Gasteiger partial charge is 0.258 e. The normalized spacial score (nSPS) is 13.0. The highest BCUT2D eigenvalue weighted by molar-refractivity contribution is 7.89. The summed E-state index contributed by atoms with van der Waals surface area (Å²) < 4.78 is 52.5. The third-order valence-electron chi connectivity index (χ3n) is 3.70. The van der Waals surface area contributed by atoms with Crippen molar-refractivity contribution in [1.29, 1.82) is 0 Å². The Labute approximate surface area is 137 Å². The van der Waals surface area contributed by atoms with E-state index in [1.54, 1.807) is 0 Å². The monoisotopic (exact) mass is 356 g/mol. The summed E-state index contributed by atoms with van der Waals surface area (Å²) in [4.78, 5) is 9.86. The van der Waals surface area contributed by atoms with Gasteiger partial charge in [0.25, 0.3) is 5.69 Å². The molecule has 9 heteroatoms. The number of hydrogen-bond donors (Lipinski definition) is 0. The predicted molar refractivity (Wildman–Crippen MR) is 82.8 cm³/mol. The van der Waals surface area contributed by atoms with Gasteiger partial charge in [-0.2, -0.15) is 4.31 Å². The van der Waals surface area contributed by atoms with Crippen LogP contribution in [0.2, 0.25) is 0 Å². The molecule has 0 aliphatic carbocycles. The molecule has 128 valence electrons. The van der Waals surface area contributed by atoms with E-state index < -0.39 is 32.6 Å². The van der Waals surface area contributed by atoms with E-state index in [4.69, 9.17) is 0 Å². The molecule has 0 spiro atoms. The molecule has 2 aromatic carbocycles. The van der Waals surface area contributed by atoms with Crippen molar-refractivity contribution in [2.75, 3.05) is 7.05 Å². The first-order valence-corrected chi connectivity index (χ1v) is 8.26. The Kier molecular flexibility index (Phi) is 4.95. The van der Waals surface area contributed by atoms with Gasteiger partial charge in [-0.15, -0.1) is 0 Å². The molecule has 0 saturated carbocycles. The number of non-ortho nitro benzene ring substituents is 1. The van der Waals surface area contributed by atoms with Gasteiger partial charge < -0.3 is 0 Å². The lowest BCUT2D eigenvalue weighted by Gasteiger charge is -2.24. The Hall–Kier alpha value is -2.39. The summed E-state index contributed by atoms with van der Waals surface area (Å²) in [7, 11) is -2.66. The van der Waals surface area contributed by atoms with Crippen molar-refractivity contribution in [3.8, 4) is 0 Å². The number of halogens is 2. The molecule has 0 bridgehead atoms. The van der Waals surface area contributed by atoms with E-state index in [9.17, 15) is 27.3 Å². The van der Waals surface area contributed by atoms with Gasteiger partial charge in [0, 0.05) is 25.2 Å². The summed E-state index contributed by atoms with van der Waals surface area (Å²) in [6.07, 6.45) is 0. The van der Waals surface area contributed by atoms with E-state index in [-0.39, 0.29) is 16.1 Å². The molecule has 0 amide bonds. The first-order chi connectivity index (χ1) is 11.1. The van der Waals surface area contributed by atoms with Crippen molar-refractivity contribution < 1.29 is 22.1 Å². The highest BCUT2D eigenvalue weighted by Crippen LogP contribution is 2.27. The van der Waals surface area contributed by atoms with Crippen molar-refractivity contribution in [3.63, 3.8) is 0 Å². The van der Waals surface area contributed by atoms with Crippen LogP contribution in [0.1, 0.15) is 18.5 Å². The Morgan fingerprint density at radius 1 is 1.08 bits per heavy atom. The fourth-order valence-electron chi connectivity index (χ4n) is 2.10. The minimum absolute atomic E-state index is 0.134. The van der Waals surface area contributed by atoms with Gasteiger partial charge in [0.1, 0.15) is 0 Å². The maximum absolute atomic E-state index is 13.3. The molecule has 0 saturated heterocycles. The minimum atomic E-state index is -3.96. The van der Waals surface area contributed by atoms with Gasteiger partial charge in [-0.05, 0) is 36.8 Å². The van der Waals surface area contributed by atoms with Crippen LogP contribution in [0.4, 0.5) is 14.5 Å². The lowest BCUT2D eigenvalue weighted by molar-refractivity contribution is -0.384. The molecule has 1 atom stereocenters. The Balaban J connectivity index is 2.33. The lowest BCUT2D eigenvalue weighted by atomic mass is 10.1.